The summed E-state index contributed by atoms with van der Waals surface area (Å²) < 4.78 is 11.3. The normalized spacial score (nSPS) is 32.1. The van der Waals surface area contributed by atoms with E-state index in [1.165, 1.54) is 0 Å². The van der Waals surface area contributed by atoms with E-state index < -0.39 is 0 Å². The third-order valence-corrected chi connectivity index (χ3v) is 4.96. The van der Waals surface area contributed by atoms with Gasteiger partial charge in [0, 0.05) is 6.04 Å². The number of hydrogen-bond donors (Lipinski definition) is 1. The van der Waals surface area contributed by atoms with Crippen molar-refractivity contribution in [1.29, 1.82) is 0 Å². The molecule has 2 bridgehead atoms. The van der Waals surface area contributed by atoms with Crippen molar-refractivity contribution in [2.75, 3.05) is 0 Å². The second-order valence-corrected chi connectivity index (χ2v) is 6.50. The standard InChI is InChI=1S/C16H22N2O3/c1-10(14-3-2-8-20-14)18(11-4-5-11)16(19)17-13-9-12-6-7-15(13)21-12/h2-3,8,10-13,15H,4-7,9H2,1H3,(H,17,19)/t10-,12-,13+,15-/m1/s1. The van der Waals surface area contributed by atoms with Gasteiger partial charge in [-0.3, -0.25) is 0 Å². The maximum absolute atomic E-state index is 12.7. The molecule has 114 valence electrons. The van der Waals surface area contributed by atoms with E-state index in [2.05, 4.69) is 5.32 Å². The number of nitrogens with zero attached hydrogens (tertiary/aromatic N) is 1. The molecule has 21 heavy (non-hydrogen) atoms. The molecule has 0 unspecified atom stereocenters. The molecule has 4 atom stereocenters. The van der Waals surface area contributed by atoms with Crippen molar-refractivity contribution in [3.63, 3.8) is 0 Å². The van der Waals surface area contributed by atoms with Crippen LogP contribution in [0, 0.1) is 0 Å². The van der Waals surface area contributed by atoms with Gasteiger partial charge in [0.1, 0.15) is 5.76 Å². The summed E-state index contributed by atoms with van der Waals surface area (Å²) in [5, 5.41) is 3.19. The summed E-state index contributed by atoms with van der Waals surface area (Å²) >= 11 is 0. The minimum atomic E-state index is -0.0213. The van der Waals surface area contributed by atoms with Crippen LogP contribution in [0.15, 0.2) is 22.8 Å². The highest BCUT2D eigenvalue weighted by Gasteiger charge is 2.44. The molecule has 3 fully saturated rings. The van der Waals surface area contributed by atoms with E-state index in [0.717, 1.165) is 37.9 Å². The zero-order valence-electron chi connectivity index (χ0n) is 12.3. The molecule has 1 saturated carbocycles. The molecular formula is C16H22N2O3. The molecule has 5 heteroatoms. The molecule has 1 aromatic heterocycles. The molecule has 1 aliphatic carbocycles. The summed E-state index contributed by atoms with van der Waals surface area (Å²) in [7, 11) is 0. The Hall–Kier alpha value is -1.49. The fourth-order valence-corrected chi connectivity index (χ4v) is 3.70. The molecule has 0 radical (unpaired) electrons. The Morgan fingerprint density at radius 3 is 2.81 bits per heavy atom. The highest BCUT2D eigenvalue weighted by atomic mass is 16.5. The van der Waals surface area contributed by atoms with Crippen LogP contribution in [0.5, 0.6) is 0 Å². The molecule has 1 aromatic rings. The molecule has 3 aliphatic rings. The third kappa shape index (κ3) is 2.44. The molecular weight excluding hydrogens is 268 g/mol. The van der Waals surface area contributed by atoms with Crippen molar-refractivity contribution < 1.29 is 13.9 Å². The highest BCUT2D eigenvalue weighted by Crippen LogP contribution is 2.37. The predicted molar refractivity (Wildman–Crippen MR) is 76.8 cm³/mol. The van der Waals surface area contributed by atoms with Crippen LogP contribution >= 0.6 is 0 Å². The maximum Gasteiger partial charge on any atom is 0.318 e. The summed E-state index contributed by atoms with van der Waals surface area (Å²) in [4.78, 5) is 14.7. The van der Waals surface area contributed by atoms with E-state index in [1.807, 2.05) is 24.0 Å². The monoisotopic (exact) mass is 290 g/mol. The van der Waals surface area contributed by atoms with E-state index >= 15 is 0 Å². The Balaban J connectivity index is 1.45. The minimum absolute atomic E-state index is 0.0213. The van der Waals surface area contributed by atoms with E-state index in [1.54, 1.807) is 6.26 Å². The molecule has 1 N–H and O–H groups in total. The van der Waals surface area contributed by atoms with Crippen LogP contribution in [0.25, 0.3) is 0 Å². The van der Waals surface area contributed by atoms with Crippen LogP contribution in [0.3, 0.4) is 0 Å². The van der Waals surface area contributed by atoms with Gasteiger partial charge in [-0.15, -0.1) is 0 Å². The molecule has 2 amide bonds. The Bertz CT molecular complexity index is 512. The predicted octanol–water partition coefficient (Wildman–Crippen LogP) is 2.83. The average Bonchev–Trinajstić information content (AvgIpc) is 2.94. The van der Waals surface area contributed by atoms with Gasteiger partial charge in [-0.2, -0.15) is 0 Å². The first-order valence-electron chi connectivity index (χ1n) is 8.00. The van der Waals surface area contributed by atoms with Gasteiger partial charge in [-0.05, 0) is 51.2 Å². The average molecular weight is 290 g/mol. The van der Waals surface area contributed by atoms with Crippen LogP contribution in [0.4, 0.5) is 4.79 Å². The first-order chi connectivity index (χ1) is 10.2. The lowest BCUT2D eigenvalue weighted by Gasteiger charge is -2.31. The van der Waals surface area contributed by atoms with Crippen molar-refractivity contribution >= 4 is 6.03 Å². The quantitative estimate of drug-likeness (QED) is 0.927. The van der Waals surface area contributed by atoms with Crippen molar-refractivity contribution in [3.8, 4) is 0 Å². The number of fused-ring (bicyclic) bond motifs is 2. The van der Waals surface area contributed by atoms with Gasteiger partial charge in [-0.1, -0.05) is 0 Å². The topological polar surface area (TPSA) is 54.7 Å². The number of urea groups is 1. The molecule has 2 saturated heterocycles. The fourth-order valence-electron chi connectivity index (χ4n) is 3.70. The largest absolute Gasteiger partial charge is 0.467 e. The van der Waals surface area contributed by atoms with Gasteiger partial charge >= 0.3 is 6.03 Å². The summed E-state index contributed by atoms with van der Waals surface area (Å²) in [6, 6.07) is 4.35. The van der Waals surface area contributed by atoms with Crippen molar-refractivity contribution in [1.82, 2.24) is 10.2 Å². The lowest BCUT2D eigenvalue weighted by molar-refractivity contribution is 0.0958. The van der Waals surface area contributed by atoms with E-state index in [9.17, 15) is 4.79 Å². The van der Waals surface area contributed by atoms with Crippen LogP contribution in [0.2, 0.25) is 0 Å². The first kappa shape index (κ1) is 13.2. The highest BCUT2D eigenvalue weighted by molar-refractivity contribution is 5.76. The molecule has 2 aliphatic heterocycles. The number of furan rings is 1. The molecule has 4 rings (SSSR count). The number of carbonyl (C=O) groups is 1. The van der Waals surface area contributed by atoms with Crippen molar-refractivity contribution in [2.45, 2.75) is 69.4 Å². The zero-order chi connectivity index (χ0) is 14.4. The number of rotatable bonds is 4. The lowest BCUT2D eigenvalue weighted by atomic mass is 9.96. The SMILES string of the molecule is C[C@H](c1ccco1)N(C(=O)N[C@H]1C[C@H]2CC[C@H]1O2)C1CC1. The Labute approximate surface area is 124 Å². The first-order valence-corrected chi connectivity index (χ1v) is 8.00. The van der Waals surface area contributed by atoms with Gasteiger partial charge < -0.3 is 19.4 Å². The number of hydrogen-bond acceptors (Lipinski definition) is 3. The van der Waals surface area contributed by atoms with Gasteiger partial charge in [0.25, 0.3) is 0 Å². The fraction of sp³-hybridized carbons (Fsp3) is 0.688. The van der Waals surface area contributed by atoms with E-state index in [-0.39, 0.29) is 24.2 Å². The van der Waals surface area contributed by atoms with Crippen molar-refractivity contribution in [2.24, 2.45) is 0 Å². The Morgan fingerprint density at radius 1 is 1.38 bits per heavy atom. The number of carbonyl (C=O) groups excluding carboxylic acids is 1. The minimum Gasteiger partial charge on any atom is -0.467 e. The maximum atomic E-state index is 12.7. The second kappa shape index (κ2) is 5.05. The second-order valence-electron chi connectivity index (χ2n) is 6.50. The van der Waals surface area contributed by atoms with Crippen LogP contribution in [0.1, 0.15) is 50.8 Å². The number of amides is 2. The van der Waals surface area contributed by atoms with Gasteiger partial charge in [0.15, 0.2) is 0 Å². The number of nitrogens with one attached hydrogen (secondary N) is 1. The summed E-state index contributed by atoms with van der Waals surface area (Å²) in [6.45, 7) is 2.04. The molecule has 0 aromatic carbocycles. The molecule has 3 heterocycles. The third-order valence-electron chi connectivity index (χ3n) is 4.96. The van der Waals surface area contributed by atoms with Gasteiger partial charge in [0.05, 0.1) is 30.6 Å². The summed E-state index contributed by atoms with van der Waals surface area (Å²) in [5.41, 5.74) is 0. The summed E-state index contributed by atoms with van der Waals surface area (Å²) in [6.07, 6.45) is 7.61. The smallest absolute Gasteiger partial charge is 0.318 e. The lowest BCUT2D eigenvalue weighted by Crippen LogP contribution is -2.49. The van der Waals surface area contributed by atoms with Gasteiger partial charge in [0.2, 0.25) is 0 Å². The van der Waals surface area contributed by atoms with Crippen LogP contribution in [-0.4, -0.2) is 35.2 Å². The van der Waals surface area contributed by atoms with E-state index in [0.29, 0.717) is 12.1 Å². The van der Waals surface area contributed by atoms with Crippen LogP contribution < -0.4 is 5.32 Å². The van der Waals surface area contributed by atoms with Gasteiger partial charge in [-0.25, -0.2) is 4.79 Å². The molecule has 5 nitrogen and oxygen atoms in total. The van der Waals surface area contributed by atoms with Crippen molar-refractivity contribution in [3.05, 3.63) is 24.2 Å². The zero-order valence-corrected chi connectivity index (χ0v) is 12.3. The van der Waals surface area contributed by atoms with Crippen LogP contribution in [-0.2, 0) is 4.74 Å². The Morgan fingerprint density at radius 2 is 2.24 bits per heavy atom. The number of ether oxygens (including phenoxy) is 1. The molecule has 0 spiro atoms. The summed E-state index contributed by atoms with van der Waals surface area (Å²) in [5.74, 6) is 0.848. The Kier molecular flexibility index (Phi) is 3.17. The van der Waals surface area contributed by atoms with E-state index in [4.69, 9.17) is 9.15 Å².